The van der Waals surface area contributed by atoms with Gasteiger partial charge in [-0.1, -0.05) is 49.2 Å². The molecule has 0 spiro atoms. The Morgan fingerprint density at radius 3 is 2.50 bits per heavy atom. The molecule has 5 heteroatoms. The third-order valence-electron chi connectivity index (χ3n) is 6.05. The zero-order valence-corrected chi connectivity index (χ0v) is 19.5. The van der Waals surface area contributed by atoms with Crippen molar-refractivity contribution in [3.63, 3.8) is 0 Å². The van der Waals surface area contributed by atoms with Gasteiger partial charge in [0.1, 0.15) is 0 Å². The van der Waals surface area contributed by atoms with Gasteiger partial charge < -0.3 is 15.8 Å². The quantitative estimate of drug-likeness (QED) is 0.603. The van der Waals surface area contributed by atoms with Crippen molar-refractivity contribution in [1.29, 1.82) is 5.26 Å². The first-order valence-corrected chi connectivity index (χ1v) is 11.5. The normalized spacial score (nSPS) is 17.0. The minimum atomic E-state index is -0.515. The molecule has 0 aromatic heterocycles. The van der Waals surface area contributed by atoms with E-state index in [0.29, 0.717) is 25.2 Å². The number of rotatable bonds is 9. The Bertz CT molecular complexity index is 955. The van der Waals surface area contributed by atoms with Crippen LogP contribution in [0.4, 0.5) is 0 Å². The summed E-state index contributed by atoms with van der Waals surface area (Å²) in [6.07, 6.45) is 4.45. The molecule has 1 amide bonds. The van der Waals surface area contributed by atoms with Crippen LogP contribution < -0.4 is 11.1 Å². The summed E-state index contributed by atoms with van der Waals surface area (Å²) in [7, 11) is 0. The van der Waals surface area contributed by atoms with Gasteiger partial charge in [0.2, 0.25) is 0 Å². The first-order valence-electron chi connectivity index (χ1n) is 11.5. The zero-order valence-electron chi connectivity index (χ0n) is 19.5. The van der Waals surface area contributed by atoms with Crippen molar-refractivity contribution in [2.45, 2.75) is 76.5 Å². The van der Waals surface area contributed by atoms with Crippen molar-refractivity contribution in [2.24, 2.45) is 5.73 Å². The number of hydrogen-bond acceptors (Lipinski definition) is 4. The second-order valence-electron chi connectivity index (χ2n) is 9.76. The number of nitrogens with two attached hydrogens (primary N) is 1. The lowest BCUT2D eigenvalue weighted by Crippen LogP contribution is -2.43. The van der Waals surface area contributed by atoms with Crippen molar-refractivity contribution in [1.82, 2.24) is 5.32 Å². The Morgan fingerprint density at radius 2 is 1.88 bits per heavy atom. The molecule has 1 unspecified atom stereocenters. The van der Waals surface area contributed by atoms with Gasteiger partial charge in [-0.3, -0.25) is 4.79 Å². The minimum absolute atomic E-state index is 0.0400. The molecule has 5 nitrogen and oxygen atoms in total. The molecule has 1 atom stereocenters. The first-order chi connectivity index (χ1) is 15.2. The van der Waals surface area contributed by atoms with E-state index in [9.17, 15) is 10.1 Å². The van der Waals surface area contributed by atoms with Crippen LogP contribution >= 0.6 is 0 Å². The van der Waals surface area contributed by atoms with Crippen molar-refractivity contribution in [2.75, 3.05) is 6.61 Å². The van der Waals surface area contributed by atoms with Crippen LogP contribution in [-0.2, 0) is 23.2 Å². The van der Waals surface area contributed by atoms with E-state index in [1.54, 1.807) is 0 Å². The van der Waals surface area contributed by atoms with E-state index in [-0.39, 0.29) is 11.9 Å². The number of nitriles is 1. The van der Waals surface area contributed by atoms with Gasteiger partial charge in [-0.2, -0.15) is 5.26 Å². The molecule has 1 saturated carbocycles. The zero-order chi connectivity index (χ0) is 23.2. The maximum absolute atomic E-state index is 12.7. The maximum atomic E-state index is 12.7. The number of nitrogens with zero attached hydrogens (tertiary/aromatic N) is 1. The first kappa shape index (κ1) is 24.0. The fraction of sp³-hybridized carbons (Fsp3) is 0.481. The number of carbonyl (C=O) groups is 1. The highest BCUT2D eigenvalue weighted by Crippen LogP contribution is 2.41. The van der Waals surface area contributed by atoms with Gasteiger partial charge in [0.15, 0.2) is 0 Å². The van der Waals surface area contributed by atoms with Gasteiger partial charge in [-0.15, -0.1) is 0 Å². The number of carbonyl (C=O) groups excluding carboxylic acids is 1. The van der Waals surface area contributed by atoms with Gasteiger partial charge in [0.25, 0.3) is 5.91 Å². The smallest absolute Gasteiger partial charge is 0.251 e. The predicted octanol–water partition coefficient (Wildman–Crippen LogP) is 4.64. The van der Waals surface area contributed by atoms with E-state index < -0.39 is 11.0 Å². The maximum Gasteiger partial charge on any atom is 0.251 e. The van der Waals surface area contributed by atoms with Crippen molar-refractivity contribution in [3.8, 4) is 6.07 Å². The molecule has 1 fully saturated rings. The molecule has 0 radical (unpaired) electrons. The van der Waals surface area contributed by atoms with E-state index in [0.717, 1.165) is 36.8 Å². The van der Waals surface area contributed by atoms with E-state index in [4.69, 9.17) is 10.5 Å². The Hall–Kier alpha value is -2.68. The number of benzene rings is 2. The van der Waals surface area contributed by atoms with E-state index in [2.05, 4.69) is 23.5 Å². The standard InChI is InChI=1S/C27H35N3O2/c1-20(2)30-25(31)23-13-22(14-24(15-23)27(18-28)11-7-8-12-27)17-32-19-26(3,29)16-21-9-5-4-6-10-21/h4-6,9-10,13-15,20H,7-8,11-12,16-17,19,29H2,1-3H3,(H,30,31). The Labute approximate surface area is 192 Å². The van der Waals surface area contributed by atoms with Crippen LogP contribution in [0.3, 0.4) is 0 Å². The Kier molecular flexibility index (Phi) is 7.71. The lowest BCUT2D eigenvalue weighted by molar-refractivity contribution is 0.0789. The van der Waals surface area contributed by atoms with E-state index >= 15 is 0 Å². The highest BCUT2D eigenvalue weighted by atomic mass is 16.5. The number of hydrogen-bond donors (Lipinski definition) is 2. The molecule has 0 bridgehead atoms. The van der Waals surface area contributed by atoms with E-state index in [1.165, 1.54) is 5.56 Å². The summed E-state index contributed by atoms with van der Waals surface area (Å²) < 4.78 is 6.02. The molecule has 3 rings (SSSR count). The monoisotopic (exact) mass is 433 g/mol. The lowest BCUT2D eigenvalue weighted by atomic mass is 9.79. The second-order valence-corrected chi connectivity index (χ2v) is 9.76. The van der Waals surface area contributed by atoms with Gasteiger partial charge in [0.05, 0.1) is 24.7 Å². The molecular formula is C27H35N3O2. The molecule has 170 valence electrons. The topological polar surface area (TPSA) is 88.1 Å². The molecule has 0 heterocycles. The summed E-state index contributed by atoms with van der Waals surface area (Å²) in [4.78, 5) is 12.7. The molecule has 2 aromatic rings. The Morgan fingerprint density at radius 1 is 1.19 bits per heavy atom. The number of amides is 1. The van der Waals surface area contributed by atoms with Crippen molar-refractivity contribution >= 4 is 5.91 Å². The van der Waals surface area contributed by atoms with Crippen molar-refractivity contribution in [3.05, 3.63) is 70.8 Å². The molecule has 1 aliphatic rings. The average molecular weight is 434 g/mol. The van der Waals surface area contributed by atoms with Gasteiger partial charge in [-0.25, -0.2) is 0 Å². The lowest BCUT2D eigenvalue weighted by Gasteiger charge is -2.25. The fourth-order valence-electron chi connectivity index (χ4n) is 4.49. The SMILES string of the molecule is CC(C)NC(=O)c1cc(COCC(C)(N)Cc2ccccc2)cc(C2(C#N)CCCC2)c1. The van der Waals surface area contributed by atoms with Crippen LogP contribution in [0.25, 0.3) is 0 Å². The molecule has 2 aromatic carbocycles. The van der Waals surface area contributed by atoms with Gasteiger partial charge in [-0.05, 0) is 68.9 Å². The minimum Gasteiger partial charge on any atom is -0.375 e. The van der Waals surface area contributed by atoms with Crippen LogP contribution in [-0.4, -0.2) is 24.1 Å². The average Bonchev–Trinajstić information content (AvgIpc) is 3.24. The van der Waals surface area contributed by atoms with Crippen molar-refractivity contribution < 1.29 is 9.53 Å². The predicted molar refractivity (Wildman–Crippen MR) is 127 cm³/mol. The van der Waals surface area contributed by atoms with Crippen LogP contribution in [0.15, 0.2) is 48.5 Å². The third-order valence-corrected chi connectivity index (χ3v) is 6.05. The summed E-state index contributed by atoms with van der Waals surface area (Å²) in [5.41, 5.74) is 9.04. The fourth-order valence-corrected chi connectivity index (χ4v) is 4.49. The third kappa shape index (κ3) is 6.18. The summed E-state index contributed by atoms with van der Waals surface area (Å²) in [6.45, 7) is 6.60. The molecule has 3 N–H and O–H groups in total. The summed E-state index contributed by atoms with van der Waals surface area (Å²) in [6, 6.07) is 18.5. The highest BCUT2D eigenvalue weighted by molar-refractivity contribution is 5.94. The summed E-state index contributed by atoms with van der Waals surface area (Å²) >= 11 is 0. The van der Waals surface area contributed by atoms with E-state index in [1.807, 2.05) is 57.2 Å². The summed E-state index contributed by atoms with van der Waals surface area (Å²) in [5.74, 6) is -0.123. The largest absolute Gasteiger partial charge is 0.375 e. The number of nitrogens with one attached hydrogen (secondary N) is 1. The highest BCUT2D eigenvalue weighted by Gasteiger charge is 2.36. The Balaban J connectivity index is 1.76. The summed E-state index contributed by atoms with van der Waals surface area (Å²) in [5, 5.41) is 12.9. The van der Waals surface area contributed by atoms with Crippen LogP contribution in [0, 0.1) is 11.3 Å². The molecule has 0 aliphatic heterocycles. The number of ether oxygens (including phenoxy) is 1. The van der Waals surface area contributed by atoms with Gasteiger partial charge >= 0.3 is 0 Å². The van der Waals surface area contributed by atoms with Crippen LogP contribution in [0.2, 0.25) is 0 Å². The van der Waals surface area contributed by atoms with Crippen LogP contribution in [0.5, 0.6) is 0 Å². The molecule has 1 aliphatic carbocycles. The van der Waals surface area contributed by atoms with Crippen LogP contribution in [0.1, 0.15) is 73.5 Å². The second kappa shape index (κ2) is 10.3. The molecule has 0 saturated heterocycles. The molecular weight excluding hydrogens is 398 g/mol. The van der Waals surface area contributed by atoms with Gasteiger partial charge in [0, 0.05) is 17.1 Å². The molecule has 32 heavy (non-hydrogen) atoms.